The van der Waals surface area contributed by atoms with Gasteiger partial charge in [0.25, 0.3) is 0 Å². The molecule has 1 fully saturated rings. The largest absolute Gasteiger partial charge is 0.379 e. The molecule has 0 saturated carbocycles. The van der Waals surface area contributed by atoms with E-state index in [1.54, 1.807) is 27.1 Å². The molecule has 1 heterocycles. The van der Waals surface area contributed by atoms with Crippen molar-refractivity contribution in [3.8, 4) is 0 Å². The molecule has 2 rings (SSSR count). The quantitative estimate of drug-likeness (QED) is 0.392. The molecule has 0 aromatic heterocycles. The fraction of sp³-hybridized carbons (Fsp3) is 0.600. The normalized spacial score (nSPS) is 15.4. The minimum atomic E-state index is -0.233. The standard InChI is InChI=1S/C20H32FN5O2/c1-16-5-6-17(13-18(16)21)14-23-20(24-15-19(27)25(2)3)22-7-4-8-26-9-11-28-12-10-26/h5-6,13H,4,7-12,14-15H2,1-3H3,(H2,22,23,24). The zero-order valence-electron chi connectivity index (χ0n) is 17.1. The van der Waals surface area contributed by atoms with Crippen LogP contribution in [0.3, 0.4) is 0 Å². The van der Waals surface area contributed by atoms with Gasteiger partial charge < -0.3 is 20.3 Å². The van der Waals surface area contributed by atoms with Crippen LogP contribution in [-0.2, 0) is 16.1 Å². The summed E-state index contributed by atoms with van der Waals surface area (Å²) in [7, 11) is 3.43. The van der Waals surface area contributed by atoms with Gasteiger partial charge in [0.2, 0.25) is 5.91 Å². The Hall–Kier alpha value is -2.19. The van der Waals surface area contributed by atoms with E-state index in [-0.39, 0.29) is 18.3 Å². The SMILES string of the molecule is Cc1ccc(CN=C(NCCCN2CCOCC2)NCC(=O)N(C)C)cc1F. The number of carbonyl (C=O) groups excluding carboxylic acids is 1. The Labute approximate surface area is 166 Å². The number of morpholine rings is 1. The van der Waals surface area contributed by atoms with Crippen molar-refractivity contribution in [3.63, 3.8) is 0 Å². The summed E-state index contributed by atoms with van der Waals surface area (Å²) in [4.78, 5) is 20.3. The van der Waals surface area contributed by atoms with Gasteiger partial charge in [0.05, 0.1) is 26.3 Å². The lowest BCUT2D eigenvalue weighted by Crippen LogP contribution is -2.44. The molecule has 1 amide bonds. The van der Waals surface area contributed by atoms with E-state index in [2.05, 4.69) is 20.5 Å². The highest BCUT2D eigenvalue weighted by Gasteiger charge is 2.10. The number of benzene rings is 1. The van der Waals surface area contributed by atoms with Gasteiger partial charge in [-0.3, -0.25) is 9.69 Å². The lowest BCUT2D eigenvalue weighted by Gasteiger charge is -2.26. The molecule has 1 aliphatic heterocycles. The molecule has 156 valence electrons. The first-order valence-corrected chi connectivity index (χ1v) is 9.73. The van der Waals surface area contributed by atoms with Crippen molar-refractivity contribution >= 4 is 11.9 Å². The first-order valence-electron chi connectivity index (χ1n) is 9.73. The molecule has 1 aromatic rings. The third kappa shape index (κ3) is 7.82. The fourth-order valence-electron chi connectivity index (χ4n) is 2.73. The lowest BCUT2D eigenvalue weighted by atomic mass is 10.1. The fourth-order valence-corrected chi connectivity index (χ4v) is 2.73. The van der Waals surface area contributed by atoms with Gasteiger partial charge in [-0.2, -0.15) is 0 Å². The van der Waals surface area contributed by atoms with Crippen molar-refractivity contribution in [2.24, 2.45) is 4.99 Å². The number of aliphatic imine (C=N–C) groups is 1. The van der Waals surface area contributed by atoms with Crippen LogP contribution in [0.2, 0.25) is 0 Å². The van der Waals surface area contributed by atoms with Crippen molar-refractivity contribution in [3.05, 3.63) is 35.1 Å². The predicted octanol–water partition coefficient (Wildman–Crippen LogP) is 0.980. The first kappa shape index (κ1) is 22.1. The van der Waals surface area contributed by atoms with Crippen LogP contribution in [0.5, 0.6) is 0 Å². The van der Waals surface area contributed by atoms with E-state index in [1.165, 1.54) is 11.0 Å². The Morgan fingerprint density at radius 2 is 2.04 bits per heavy atom. The first-order chi connectivity index (χ1) is 13.5. The van der Waals surface area contributed by atoms with E-state index in [9.17, 15) is 9.18 Å². The number of guanidine groups is 1. The maximum Gasteiger partial charge on any atom is 0.241 e. The van der Waals surface area contributed by atoms with Crippen LogP contribution in [0.15, 0.2) is 23.2 Å². The van der Waals surface area contributed by atoms with Gasteiger partial charge in [0, 0.05) is 33.7 Å². The average molecular weight is 394 g/mol. The van der Waals surface area contributed by atoms with Crippen LogP contribution < -0.4 is 10.6 Å². The summed E-state index contributed by atoms with van der Waals surface area (Å²) >= 11 is 0. The summed E-state index contributed by atoms with van der Waals surface area (Å²) < 4.78 is 19.1. The van der Waals surface area contributed by atoms with Crippen molar-refractivity contribution in [2.75, 3.05) is 60.0 Å². The van der Waals surface area contributed by atoms with Gasteiger partial charge in [0.1, 0.15) is 5.82 Å². The Kier molecular flexibility index (Phi) is 9.16. The summed E-state index contributed by atoms with van der Waals surface area (Å²) in [5.41, 5.74) is 1.40. The third-order valence-corrected chi connectivity index (χ3v) is 4.61. The van der Waals surface area contributed by atoms with Crippen LogP contribution in [-0.4, -0.2) is 81.7 Å². The van der Waals surface area contributed by atoms with E-state index in [0.29, 0.717) is 18.1 Å². The number of nitrogens with zero attached hydrogens (tertiary/aromatic N) is 3. The average Bonchev–Trinajstić information content (AvgIpc) is 2.69. The number of carbonyl (C=O) groups is 1. The smallest absolute Gasteiger partial charge is 0.241 e. The summed E-state index contributed by atoms with van der Waals surface area (Å²) in [5, 5.41) is 6.32. The Morgan fingerprint density at radius 1 is 1.29 bits per heavy atom. The molecule has 0 unspecified atom stereocenters. The van der Waals surface area contributed by atoms with Crippen molar-refractivity contribution in [1.29, 1.82) is 0 Å². The molecule has 1 aromatic carbocycles. The summed E-state index contributed by atoms with van der Waals surface area (Å²) in [6.07, 6.45) is 0.960. The molecule has 2 N–H and O–H groups in total. The zero-order chi connectivity index (χ0) is 20.4. The number of hydrogen-bond donors (Lipinski definition) is 2. The molecule has 0 atom stereocenters. The Morgan fingerprint density at radius 3 is 2.71 bits per heavy atom. The van der Waals surface area contributed by atoms with E-state index >= 15 is 0 Å². The van der Waals surface area contributed by atoms with E-state index in [4.69, 9.17) is 4.74 Å². The summed E-state index contributed by atoms with van der Waals surface area (Å²) in [5.74, 6) is 0.283. The van der Waals surface area contributed by atoms with Crippen molar-refractivity contribution in [2.45, 2.75) is 19.9 Å². The molecule has 0 spiro atoms. The maximum atomic E-state index is 13.7. The lowest BCUT2D eigenvalue weighted by molar-refractivity contribution is -0.127. The van der Waals surface area contributed by atoms with Crippen molar-refractivity contribution in [1.82, 2.24) is 20.4 Å². The van der Waals surface area contributed by atoms with Crippen LogP contribution in [0.25, 0.3) is 0 Å². The number of amides is 1. The maximum absolute atomic E-state index is 13.7. The Bertz CT molecular complexity index is 660. The molecular formula is C20H32FN5O2. The van der Waals surface area contributed by atoms with Gasteiger partial charge in [-0.1, -0.05) is 12.1 Å². The van der Waals surface area contributed by atoms with Crippen LogP contribution >= 0.6 is 0 Å². The number of ether oxygens (including phenoxy) is 1. The molecular weight excluding hydrogens is 361 g/mol. The molecule has 8 heteroatoms. The van der Waals surface area contributed by atoms with Gasteiger partial charge in [-0.25, -0.2) is 9.38 Å². The van der Waals surface area contributed by atoms with Gasteiger partial charge >= 0.3 is 0 Å². The zero-order valence-corrected chi connectivity index (χ0v) is 17.1. The molecule has 1 aliphatic rings. The van der Waals surface area contributed by atoms with Crippen molar-refractivity contribution < 1.29 is 13.9 Å². The summed E-state index contributed by atoms with van der Waals surface area (Å²) in [6, 6.07) is 5.11. The number of hydrogen-bond acceptors (Lipinski definition) is 4. The van der Waals surface area contributed by atoms with Gasteiger partial charge in [-0.05, 0) is 37.1 Å². The molecule has 0 bridgehead atoms. The highest BCUT2D eigenvalue weighted by Crippen LogP contribution is 2.10. The number of aryl methyl sites for hydroxylation is 1. The molecule has 1 saturated heterocycles. The van der Waals surface area contributed by atoms with Crippen LogP contribution in [0.1, 0.15) is 17.5 Å². The number of halogens is 1. The predicted molar refractivity (Wildman–Crippen MR) is 109 cm³/mol. The monoisotopic (exact) mass is 393 g/mol. The minimum absolute atomic E-state index is 0.0378. The second-order valence-corrected chi connectivity index (χ2v) is 7.12. The van der Waals surface area contributed by atoms with Gasteiger partial charge in [0.15, 0.2) is 5.96 Å². The number of nitrogens with one attached hydrogen (secondary N) is 2. The molecule has 7 nitrogen and oxygen atoms in total. The highest BCUT2D eigenvalue weighted by molar-refractivity contribution is 5.86. The second-order valence-electron chi connectivity index (χ2n) is 7.12. The number of likely N-dealkylation sites (N-methyl/N-ethyl adjacent to an activating group) is 1. The Balaban J connectivity index is 1.87. The minimum Gasteiger partial charge on any atom is -0.379 e. The van der Waals surface area contributed by atoms with E-state index < -0.39 is 0 Å². The molecule has 0 aliphatic carbocycles. The molecule has 0 radical (unpaired) electrons. The summed E-state index contributed by atoms with van der Waals surface area (Å²) in [6.45, 7) is 7.48. The van der Waals surface area contributed by atoms with Crippen LogP contribution in [0, 0.1) is 12.7 Å². The third-order valence-electron chi connectivity index (χ3n) is 4.61. The van der Waals surface area contributed by atoms with Gasteiger partial charge in [-0.15, -0.1) is 0 Å². The number of rotatable bonds is 8. The second kappa shape index (κ2) is 11.6. The molecule has 28 heavy (non-hydrogen) atoms. The van der Waals surface area contributed by atoms with E-state index in [1.807, 2.05) is 6.07 Å². The van der Waals surface area contributed by atoms with Crippen LogP contribution in [0.4, 0.5) is 4.39 Å². The highest BCUT2D eigenvalue weighted by atomic mass is 19.1. The topological polar surface area (TPSA) is 69.2 Å². The van der Waals surface area contributed by atoms with E-state index in [0.717, 1.165) is 51.4 Å².